The molecule has 0 fully saturated rings. The van der Waals surface area contributed by atoms with Gasteiger partial charge in [-0.2, -0.15) is 0 Å². The first-order valence-electron chi connectivity index (χ1n) is 9.13. The van der Waals surface area contributed by atoms with E-state index in [1.807, 2.05) is 84.9 Å². The van der Waals surface area contributed by atoms with Crippen LogP contribution in [0.4, 0.5) is 11.4 Å². The summed E-state index contributed by atoms with van der Waals surface area (Å²) in [6, 6.07) is 28.7. The van der Waals surface area contributed by atoms with Crippen LogP contribution in [-0.4, -0.2) is 10.8 Å². The fraction of sp³-hybridized carbons (Fsp3) is 0. The molecule has 0 saturated carbocycles. The SMILES string of the molecule is NC(=Nc1cc(-c2ccccc2)nc(-c2ccccc2Cl)c1)c1ccccc1N. The number of benzene rings is 3. The van der Waals surface area contributed by atoms with Gasteiger partial charge in [0.2, 0.25) is 0 Å². The molecule has 142 valence electrons. The van der Waals surface area contributed by atoms with Crippen LogP contribution in [0.3, 0.4) is 0 Å². The van der Waals surface area contributed by atoms with Crippen LogP contribution in [0, 0.1) is 0 Å². The predicted octanol–water partition coefficient (Wildman–Crippen LogP) is 5.69. The summed E-state index contributed by atoms with van der Waals surface area (Å²) < 4.78 is 0. The minimum Gasteiger partial charge on any atom is -0.398 e. The Labute approximate surface area is 174 Å². The molecule has 3 aromatic carbocycles. The number of aliphatic imine (C=N–C) groups is 1. The number of para-hydroxylation sites is 1. The maximum Gasteiger partial charge on any atom is 0.133 e. The van der Waals surface area contributed by atoms with Crippen LogP contribution >= 0.6 is 11.6 Å². The molecule has 0 aliphatic rings. The summed E-state index contributed by atoms with van der Waals surface area (Å²) in [5, 5.41) is 0.625. The number of aromatic nitrogens is 1. The Morgan fingerprint density at radius 1 is 0.793 bits per heavy atom. The fourth-order valence-corrected chi connectivity index (χ4v) is 3.31. The average molecular weight is 399 g/mol. The third-order valence-corrected chi connectivity index (χ3v) is 4.85. The summed E-state index contributed by atoms with van der Waals surface area (Å²) in [4.78, 5) is 9.44. The first-order valence-corrected chi connectivity index (χ1v) is 9.51. The number of pyridine rings is 1. The van der Waals surface area contributed by atoms with Crippen molar-refractivity contribution in [3.8, 4) is 22.5 Å². The number of nitrogens with zero attached hydrogens (tertiary/aromatic N) is 2. The van der Waals surface area contributed by atoms with Crippen LogP contribution < -0.4 is 11.5 Å². The maximum absolute atomic E-state index is 6.41. The Morgan fingerprint density at radius 2 is 1.45 bits per heavy atom. The molecule has 0 aliphatic heterocycles. The number of nitrogens with two attached hydrogens (primary N) is 2. The lowest BCUT2D eigenvalue weighted by Crippen LogP contribution is -2.14. The van der Waals surface area contributed by atoms with E-state index in [-0.39, 0.29) is 0 Å². The molecule has 0 spiro atoms. The van der Waals surface area contributed by atoms with E-state index in [2.05, 4.69) is 4.99 Å². The summed E-state index contributed by atoms with van der Waals surface area (Å²) in [5.74, 6) is 0.346. The van der Waals surface area contributed by atoms with E-state index < -0.39 is 0 Å². The Balaban J connectivity index is 1.88. The number of anilines is 1. The third kappa shape index (κ3) is 4.13. The standard InChI is InChI=1S/C24H19ClN4/c25-20-12-6-4-10-18(20)23-15-17(14-22(29-23)16-8-2-1-3-9-16)28-24(27)19-11-5-7-13-21(19)26/h1-15H,26H2,(H2,27,28,29). The molecular formula is C24H19ClN4. The molecule has 4 rings (SSSR count). The minimum absolute atomic E-state index is 0.346. The van der Waals surface area contributed by atoms with Gasteiger partial charge in [0.25, 0.3) is 0 Å². The van der Waals surface area contributed by atoms with Gasteiger partial charge in [0.15, 0.2) is 0 Å². The summed E-state index contributed by atoms with van der Waals surface area (Å²) >= 11 is 6.41. The highest BCUT2D eigenvalue weighted by atomic mass is 35.5. The van der Waals surface area contributed by atoms with E-state index >= 15 is 0 Å². The summed E-state index contributed by atoms with van der Waals surface area (Å²) in [5.41, 5.74) is 17.6. The Hall–Kier alpha value is -3.63. The van der Waals surface area contributed by atoms with Crippen molar-refractivity contribution in [2.75, 3.05) is 5.73 Å². The molecule has 4 aromatic rings. The highest BCUT2D eigenvalue weighted by Gasteiger charge is 2.11. The minimum atomic E-state index is 0.346. The van der Waals surface area contributed by atoms with Gasteiger partial charge in [0.05, 0.1) is 17.1 Å². The monoisotopic (exact) mass is 398 g/mol. The number of nitrogen functional groups attached to an aromatic ring is 1. The van der Waals surface area contributed by atoms with Crippen molar-refractivity contribution in [1.82, 2.24) is 4.98 Å². The van der Waals surface area contributed by atoms with Crippen LogP contribution in [0.1, 0.15) is 5.56 Å². The zero-order chi connectivity index (χ0) is 20.2. The summed E-state index contributed by atoms with van der Waals surface area (Å²) in [6.07, 6.45) is 0. The van der Waals surface area contributed by atoms with Crippen molar-refractivity contribution in [2.45, 2.75) is 0 Å². The molecule has 0 unspecified atom stereocenters. The zero-order valence-electron chi connectivity index (χ0n) is 15.6. The quantitative estimate of drug-likeness (QED) is 0.263. The van der Waals surface area contributed by atoms with Crippen molar-refractivity contribution in [2.24, 2.45) is 10.7 Å². The van der Waals surface area contributed by atoms with Gasteiger partial charge < -0.3 is 11.5 Å². The molecule has 0 bridgehead atoms. The molecule has 0 radical (unpaired) electrons. The van der Waals surface area contributed by atoms with E-state index in [9.17, 15) is 0 Å². The van der Waals surface area contributed by atoms with Crippen molar-refractivity contribution in [3.05, 3.63) is 102 Å². The molecule has 0 amide bonds. The average Bonchev–Trinajstić information content (AvgIpc) is 2.75. The number of rotatable bonds is 4. The third-order valence-electron chi connectivity index (χ3n) is 4.52. The second-order valence-electron chi connectivity index (χ2n) is 6.53. The largest absolute Gasteiger partial charge is 0.398 e. The highest BCUT2D eigenvalue weighted by molar-refractivity contribution is 6.33. The molecule has 1 aromatic heterocycles. The molecule has 0 saturated heterocycles. The van der Waals surface area contributed by atoms with Crippen LogP contribution in [0.2, 0.25) is 5.02 Å². The molecule has 4 nitrogen and oxygen atoms in total. The Kier molecular flexibility index (Phi) is 5.27. The number of halogens is 1. The van der Waals surface area contributed by atoms with Gasteiger partial charge in [-0.05, 0) is 30.3 Å². The second kappa shape index (κ2) is 8.17. The van der Waals surface area contributed by atoms with Crippen molar-refractivity contribution in [1.29, 1.82) is 0 Å². The van der Waals surface area contributed by atoms with Gasteiger partial charge in [-0.1, -0.05) is 72.3 Å². The molecule has 4 N–H and O–H groups in total. The fourth-order valence-electron chi connectivity index (χ4n) is 3.07. The second-order valence-corrected chi connectivity index (χ2v) is 6.93. The van der Waals surface area contributed by atoms with Gasteiger partial charge in [-0.15, -0.1) is 0 Å². The molecule has 5 heteroatoms. The lowest BCUT2D eigenvalue weighted by Gasteiger charge is -2.10. The number of hydrogen-bond donors (Lipinski definition) is 2. The maximum atomic E-state index is 6.41. The lowest BCUT2D eigenvalue weighted by molar-refractivity contribution is 1.30. The zero-order valence-corrected chi connectivity index (χ0v) is 16.3. The van der Waals surface area contributed by atoms with Crippen molar-refractivity contribution < 1.29 is 0 Å². The van der Waals surface area contributed by atoms with E-state index in [4.69, 9.17) is 28.1 Å². The molecular weight excluding hydrogens is 380 g/mol. The lowest BCUT2D eigenvalue weighted by atomic mass is 10.1. The Bertz CT molecular complexity index is 1190. The van der Waals surface area contributed by atoms with Gasteiger partial charge in [0, 0.05) is 27.4 Å². The van der Waals surface area contributed by atoms with E-state index in [1.54, 1.807) is 6.07 Å². The van der Waals surface area contributed by atoms with Gasteiger partial charge in [-0.3, -0.25) is 0 Å². The first-order chi connectivity index (χ1) is 14.1. The summed E-state index contributed by atoms with van der Waals surface area (Å²) in [6.45, 7) is 0. The van der Waals surface area contributed by atoms with Crippen LogP contribution in [-0.2, 0) is 0 Å². The van der Waals surface area contributed by atoms with E-state index in [1.165, 1.54) is 0 Å². The molecule has 29 heavy (non-hydrogen) atoms. The number of amidine groups is 1. The van der Waals surface area contributed by atoms with Gasteiger partial charge in [-0.25, -0.2) is 9.98 Å². The van der Waals surface area contributed by atoms with Crippen LogP contribution in [0.25, 0.3) is 22.5 Å². The number of hydrogen-bond acceptors (Lipinski definition) is 3. The van der Waals surface area contributed by atoms with Crippen molar-refractivity contribution in [3.63, 3.8) is 0 Å². The topological polar surface area (TPSA) is 77.3 Å². The molecule has 0 aliphatic carbocycles. The first kappa shape index (κ1) is 18.7. The van der Waals surface area contributed by atoms with Crippen LogP contribution in [0.15, 0.2) is 96.0 Å². The highest BCUT2D eigenvalue weighted by Crippen LogP contribution is 2.32. The van der Waals surface area contributed by atoms with E-state index in [0.717, 1.165) is 22.5 Å². The van der Waals surface area contributed by atoms with E-state index in [0.29, 0.717) is 27.8 Å². The smallest absolute Gasteiger partial charge is 0.133 e. The Morgan fingerprint density at radius 3 is 2.21 bits per heavy atom. The predicted molar refractivity (Wildman–Crippen MR) is 121 cm³/mol. The van der Waals surface area contributed by atoms with Crippen molar-refractivity contribution >= 4 is 28.8 Å². The molecule has 0 atom stereocenters. The molecule has 1 heterocycles. The normalized spacial score (nSPS) is 11.4. The van der Waals surface area contributed by atoms with Crippen LogP contribution in [0.5, 0.6) is 0 Å². The summed E-state index contributed by atoms with van der Waals surface area (Å²) in [7, 11) is 0. The van der Waals surface area contributed by atoms with Gasteiger partial charge >= 0.3 is 0 Å². The van der Waals surface area contributed by atoms with Gasteiger partial charge in [0.1, 0.15) is 5.84 Å².